The predicted octanol–water partition coefficient (Wildman–Crippen LogP) is 4.49. The summed E-state index contributed by atoms with van der Waals surface area (Å²) in [5, 5.41) is 0. The summed E-state index contributed by atoms with van der Waals surface area (Å²) in [4.78, 5) is 0. The molecule has 0 aromatic rings. The number of halogens is 2. The minimum Gasteiger partial charge on any atom is -0.207 e. The van der Waals surface area contributed by atoms with E-state index in [0.29, 0.717) is 6.42 Å². The van der Waals surface area contributed by atoms with Gasteiger partial charge in [-0.05, 0) is 17.8 Å². The van der Waals surface area contributed by atoms with Crippen molar-refractivity contribution in [3.05, 3.63) is 0 Å². The van der Waals surface area contributed by atoms with Gasteiger partial charge in [0.2, 0.25) is 5.92 Å². The van der Waals surface area contributed by atoms with Gasteiger partial charge in [0.15, 0.2) is 0 Å². The lowest BCUT2D eigenvalue weighted by Gasteiger charge is -2.24. The van der Waals surface area contributed by atoms with E-state index in [-0.39, 0.29) is 24.2 Å². The lowest BCUT2D eigenvalue weighted by Crippen LogP contribution is -2.21. The molecule has 13 heavy (non-hydrogen) atoms. The van der Waals surface area contributed by atoms with Crippen LogP contribution in [0.4, 0.5) is 8.78 Å². The zero-order chi connectivity index (χ0) is 10.7. The van der Waals surface area contributed by atoms with Crippen LogP contribution in [0.1, 0.15) is 53.9 Å². The third-order valence-electron chi connectivity index (χ3n) is 1.95. The summed E-state index contributed by atoms with van der Waals surface area (Å²) in [7, 11) is 0. The summed E-state index contributed by atoms with van der Waals surface area (Å²) < 4.78 is 26.4. The highest BCUT2D eigenvalue weighted by molar-refractivity contribution is 4.72. The topological polar surface area (TPSA) is 0 Å². The maximum Gasteiger partial charge on any atom is 0.248 e. The van der Waals surface area contributed by atoms with E-state index in [0.717, 1.165) is 0 Å². The molecular weight excluding hydrogens is 170 g/mol. The van der Waals surface area contributed by atoms with Crippen LogP contribution in [0.25, 0.3) is 0 Å². The lowest BCUT2D eigenvalue weighted by atomic mass is 9.87. The maximum absolute atomic E-state index is 13.2. The van der Waals surface area contributed by atoms with Crippen LogP contribution >= 0.6 is 0 Å². The normalized spacial score (nSPS) is 13.8. The Morgan fingerprint density at radius 3 is 1.77 bits per heavy atom. The zero-order valence-electron chi connectivity index (χ0n) is 9.45. The van der Waals surface area contributed by atoms with Crippen molar-refractivity contribution in [3.8, 4) is 0 Å². The summed E-state index contributed by atoms with van der Waals surface area (Å²) in [5.41, 5.74) is 0.0143. The van der Waals surface area contributed by atoms with Crippen molar-refractivity contribution in [2.75, 3.05) is 0 Å². The molecule has 0 nitrogen and oxygen atoms in total. The first-order valence-electron chi connectivity index (χ1n) is 5.00. The molecular formula is C11H22F2. The number of hydrogen-bond acceptors (Lipinski definition) is 0. The molecule has 0 amide bonds. The molecule has 0 saturated carbocycles. The van der Waals surface area contributed by atoms with Gasteiger partial charge in [-0.3, -0.25) is 0 Å². The van der Waals surface area contributed by atoms with Gasteiger partial charge in [-0.1, -0.05) is 34.6 Å². The Morgan fingerprint density at radius 2 is 1.46 bits per heavy atom. The van der Waals surface area contributed by atoms with E-state index in [9.17, 15) is 8.78 Å². The molecule has 0 bridgehead atoms. The van der Waals surface area contributed by atoms with Crippen molar-refractivity contribution in [1.29, 1.82) is 0 Å². The molecule has 0 aromatic heterocycles. The van der Waals surface area contributed by atoms with Crippen LogP contribution in [0.15, 0.2) is 0 Å². The third kappa shape index (κ3) is 8.20. The fourth-order valence-electron chi connectivity index (χ4n) is 1.26. The number of alkyl halides is 2. The third-order valence-corrected chi connectivity index (χ3v) is 1.95. The molecule has 0 saturated heterocycles. The molecule has 0 unspecified atom stereocenters. The van der Waals surface area contributed by atoms with E-state index >= 15 is 0 Å². The van der Waals surface area contributed by atoms with E-state index in [2.05, 4.69) is 0 Å². The zero-order valence-corrected chi connectivity index (χ0v) is 9.45. The molecule has 0 spiro atoms. The van der Waals surface area contributed by atoms with Gasteiger partial charge in [0.25, 0.3) is 0 Å². The Balaban J connectivity index is 3.89. The van der Waals surface area contributed by atoms with Crippen molar-refractivity contribution in [1.82, 2.24) is 0 Å². The Kier molecular flexibility index (Phi) is 4.34. The molecule has 0 fully saturated rings. The van der Waals surface area contributed by atoms with Gasteiger partial charge in [0, 0.05) is 12.8 Å². The largest absolute Gasteiger partial charge is 0.248 e. The van der Waals surface area contributed by atoms with Gasteiger partial charge in [0.05, 0.1) is 0 Å². The summed E-state index contributed by atoms with van der Waals surface area (Å²) in [6.07, 6.45) is 0.629. The predicted molar refractivity (Wildman–Crippen MR) is 53.1 cm³/mol. The van der Waals surface area contributed by atoms with Gasteiger partial charge < -0.3 is 0 Å². The highest BCUT2D eigenvalue weighted by Gasteiger charge is 2.31. The molecule has 0 radical (unpaired) electrons. The first-order chi connectivity index (χ1) is 5.62. The monoisotopic (exact) mass is 192 g/mol. The van der Waals surface area contributed by atoms with Crippen molar-refractivity contribution in [2.45, 2.75) is 59.8 Å². The molecule has 0 rings (SSSR count). The molecule has 0 aliphatic heterocycles. The van der Waals surface area contributed by atoms with Gasteiger partial charge in [0.1, 0.15) is 0 Å². The first kappa shape index (κ1) is 12.9. The molecule has 0 heterocycles. The van der Waals surface area contributed by atoms with Crippen molar-refractivity contribution < 1.29 is 8.78 Å². The minimum atomic E-state index is -2.47. The highest BCUT2D eigenvalue weighted by atomic mass is 19.3. The minimum absolute atomic E-state index is 0.0143. The lowest BCUT2D eigenvalue weighted by molar-refractivity contribution is -0.0353. The van der Waals surface area contributed by atoms with Crippen molar-refractivity contribution >= 4 is 0 Å². The summed E-state index contributed by atoms with van der Waals surface area (Å²) >= 11 is 0. The summed E-state index contributed by atoms with van der Waals surface area (Å²) in [5.74, 6) is -2.39. The summed E-state index contributed by atoms with van der Waals surface area (Å²) in [6.45, 7) is 9.67. The Bertz CT molecular complexity index is 143. The molecule has 0 atom stereocenters. The molecule has 0 aliphatic rings. The van der Waals surface area contributed by atoms with Gasteiger partial charge in [-0.25, -0.2) is 8.78 Å². The van der Waals surface area contributed by atoms with E-state index < -0.39 is 5.92 Å². The first-order valence-corrected chi connectivity index (χ1v) is 5.00. The fraction of sp³-hybridized carbons (Fsp3) is 1.00. The van der Waals surface area contributed by atoms with E-state index in [1.54, 1.807) is 0 Å². The Morgan fingerprint density at radius 1 is 1.00 bits per heavy atom. The number of rotatable bonds is 4. The maximum atomic E-state index is 13.2. The fourth-order valence-corrected chi connectivity index (χ4v) is 1.26. The molecule has 80 valence electrons. The standard InChI is InChI=1S/C11H22F2/c1-9(2)8-11(12,13)7-6-10(3,4)5/h9H,6-8H2,1-5H3. The van der Waals surface area contributed by atoms with Crippen LogP contribution in [0.5, 0.6) is 0 Å². The van der Waals surface area contributed by atoms with E-state index in [4.69, 9.17) is 0 Å². The van der Waals surface area contributed by atoms with Crippen LogP contribution < -0.4 is 0 Å². The van der Waals surface area contributed by atoms with Gasteiger partial charge in [-0.15, -0.1) is 0 Å². The second-order valence-electron chi connectivity index (χ2n) is 5.51. The second kappa shape index (κ2) is 4.39. The smallest absolute Gasteiger partial charge is 0.207 e. The van der Waals surface area contributed by atoms with Gasteiger partial charge in [-0.2, -0.15) is 0 Å². The van der Waals surface area contributed by atoms with Gasteiger partial charge >= 0.3 is 0 Å². The van der Waals surface area contributed by atoms with Crippen LogP contribution in [0.3, 0.4) is 0 Å². The average Bonchev–Trinajstić information content (AvgIpc) is 1.79. The quantitative estimate of drug-likeness (QED) is 0.615. The second-order valence-corrected chi connectivity index (χ2v) is 5.51. The van der Waals surface area contributed by atoms with Crippen molar-refractivity contribution in [2.24, 2.45) is 11.3 Å². The Labute approximate surface area is 80.7 Å². The van der Waals surface area contributed by atoms with Crippen LogP contribution in [-0.4, -0.2) is 5.92 Å². The molecule has 0 aromatic carbocycles. The molecule has 2 heteroatoms. The summed E-state index contributed by atoms with van der Waals surface area (Å²) in [6, 6.07) is 0. The van der Waals surface area contributed by atoms with Crippen LogP contribution in [0, 0.1) is 11.3 Å². The SMILES string of the molecule is CC(C)CC(F)(F)CCC(C)(C)C. The van der Waals surface area contributed by atoms with E-state index in [1.165, 1.54) is 0 Å². The average molecular weight is 192 g/mol. The Hall–Kier alpha value is -0.140. The highest BCUT2D eigenvalue weighted by Crippen LogP contribution is 2.33. The molecule has 0 N–H and O–H groups in total. The van der Waals surface area contributed by atoms with Crippen LogP contribution in [-0.2, 0) is 0 Å². The van der Waals surface area contributed by atoms with Crippen LogP contribution in [0.2, 0.25) is 0 Å². The number of hydrogen-bond donors (Lipinski definition) is 0. The van der Waals surface area contributed by atoms with Crippen molar-refractivity contribution in [3.63, 3.8) is 0 Å². The molecule has 0 aliphatic carbocycles. The van der Waals surface area contributed by atoms with E-state index in [1.807, 2.05) is 34.6 Å².